The fourth-order valence-corrected chi connectivity index (χ4v) is 3.87. The number of nitrogens with zero attached hydrogens (tertiary/aromatic N) is 3. The Bertz CT molecular complexity index is 446. The Morgan fingerprint density at radius 2 is 0.952 bits per heavy atom. The van der Waals surface area contributed by atoms with Crippen molar-refractivity contribution in [2.45, 2.75) is 88.9 Å². The van der Waals surface area contributed by atoms with Crippen LogP contribution < -0.4 is 5.73 Å². The third-order valence-electron chi connectivity index (χ3n) is 5.13. The van der Waals surface area contributed by atoms with Crippen molar-refractivity contribution in [1.82, 2.24) is 15.0 Å². The quantitative estimate of drug-likeness (QED) is 0.879. The minimum Gasteiger partial charge on any atom is -0.368 e. The van der Waals surface area contributed by atoms with Gasteiger partial charge in [-0.1, -0.05) is 51.4 Å². The molecule has 0 radical (unpaired) electrons. The predicted octanol–water partition coefficient (Wildman–Crippen LogP) is 4.33. The Hall–Kier alpha value is -1.19. The topological polar surface area (TPSA) is 64.7 Å². The maximum atomic E-state index is 5.98. The Morgan fingerprint density at radius 1 is 0.571 bits per heavy atom. The molecule has 1 aromatic rings. The van der Waals surface area contributed by atoms with Crippen LogP contribution in [0.15, 0.2) is 0 Å². The molecule has 2 aliphatic rings. The fraction of sp³-hybridized carbons (Fsp3) is 0.824. The number of nitrogens with two attached hydrogens (primary N) is 1. The van der Waals surface area contributed by atoms with Gasteiger partial charge < -0.3 is 5.73 Å². The van der Waals surface area contributed by atoms with Crippen molar-refractivity contribution >= 4 is 5.95 Å². The molecule has 2 saturated carbocycles. The van der Waals surface area contributed by atoms with Gasteiger partial charge in [0.05, 0.1) is 0 Å². The van der Waals surface area contributed by atoms with E-state index in [0.717, 1.165) is 11.6 Å². The zero-order valence-electron chi connectivity index (χ0n) is 13.1. The Balaban J connectivity index is 1.78. The average molecular weight is 288 g/mol. The first kappa shape index (κ1) is 14.7. The van der Waals surface area contributed by atoms with Crippen LogP contribution in [0.25, 0.3) is 0 Å². The third kappa shape index (κ3) is 3.92. The molecule has 0 spiro atoms. The van der Waals surface area contributed by atoms with Crippen LogP contribution in [0, 0.1) is 0 Å². The highest BCUT2D eigenvalue weighted by Gasteiger charge is 2.22. The molecule has 0 atom stereocenters. The normalized spacial score (nSPS) is 22.7. The van der Waals surface area contributed by atoms with Crippen LogP contribution >= 0.6 is 0 Å². The van der Waals surface area contributed by atoms with E-state index >= 15 is 0 Å². The summed E-state index contributed by atoms with van der Waals surface area (Å²) in [4.78, 5) is 13.8. The van der Waals surface area contributed by atoms with Crippen molar-refractivity contribution in [1.29, 1.82) is 0 Å². The minimum absolute atomic E-state index is 0.433. The van der Waals surface area contributed by atoms with Crippen molar-refractivity contribution in [3.05, 3.63) is 11.6 Å². The summed E-state index contributed by atoms with van der Waals surface area (Å²) < 4.78 is 0. The van der Waals surface area contributed by atoms with Crippen LogP contribution in [0.3, 0.4) is 0 Å². The number of anilines is 1. The van der Waals surface area contributed by atoms with Gasteiger partial charge in [0.2, 0.25) is 5.95 Å². The zero-order valence-corrected chi connectivity index (χ0v) is 13.1. The molecule has 21 heavy (non-hydrogen) atoms. The van der Waals surface area contributed by atoms with Crippen molar-refractivity contribution in [3.8, 4) is 0 Å². The smallest absolute Gasteiger partial charge is 0.223 e. The van der Waals surface area contributed by atoms with E-state index in [1.54, 1.807) is 0 Å². The summed E-state index contributed by atoms with van der Waals surface area (Å²) in [5.74, 6) is 3.39. The molecule has 0 saturated heterocycles. The van der Waals surface area contributed by atoms with E-state index in [1.165, 1.54) is 77.0 Å². The number of nitrogen functional groups attached to an aromatic ring is 1. The second kappa shape index (κ2) is 7.19. The summed E-state index contributed by atoms with van der Waals surface area (Å²) in [6.07, 6.45) is 15.5. The molecule has 1 heterocycles. The van der Waals surface area contributed by atoms with Gasteiger partial charge in [-0.3, -0.25) is 0 Å². The number of aromatic nitrogens is 3. The first-order valence-corrected chi connectivity index (χ1v) is 8.84. The van der Waals surface area contributed by atoms with Crippen molar-refractivity contribution in [2.24, 2.45) is 0 Å². The first-order valence-electron chi connectivity index (χ1n) is 8.84. The van der Waals surface area contributed by atoms with Gasteiger partial charge in [0, 0.05) is 11.8 Å². The van der Waals surface area contributed by atoms with Gasteiger partial charge in [0.15, 0.2) is 0 Å². The maximum Gasteiger partial charge on any atom is 0.223 e. The van der Waals surface area contributed by atoms with Crippen molar-refractivity contribution < 1.29 is 0 Å². The molecule has 2 N–H and O–H groups in total. The van der Waals surface area contributed by atoms with E-state index in [2.05, 4.69) is 9.97 Å². The highest BCUT2D eigenvalue weighted by molar-refractivity contribution is 5.19. The number of rotatable bonds is 2. The van der Waals surface area contributed by atoms with Crippen LogP contribution in [-0.4, -0.2) is 15.0 Å². The van der Waals surface area contributed by atoms with Gasteiger partial charge in [0.1, 0.15) is 11.6 Å². The van der Waals surface area contributed by atoms with E-state index < -0.39 is 0 Å². The van der Waals surface area contributed by atoms with Gasteiger partial charge >= 0.3 is 0 Å². The predicted molar refractivity (Wildman–Crippen MR) is 85.1 cm³/mol. The van der Waals surface area contributed by atoms with Crippen LogP contribution in [0.2, 0.25) is 0 Å². The molecule has 4 heteroatoms. The molecule has 1 aromatic heterocycles. The van der Waals surface area contributed by atoms with Gasteiger partial charge in [-0.2, -0.15) is 9.97 Å². The van der Waals surface area contributed by atoms with Crippen LogP contribution in [0.5, 0.6) is 0 Å². The molecular formula is C17H28N4. The lowest BCUT2D eigenvalue weighted by molar-refractivity contribution is 0.415. The van der Waals surface area contributed by atoms with Crippen LogP contribution in [-0.2, 0) is 0 Å². The first-order chi connectivity index (χ1) is 10.3. The molecular weight excluding hydrogens is 260 g/mol. The van der Waals surface area contributed by atoms with Crippen molar-refractivity contribution in [3.63, 3.8) is 0 Å². The number of hydrogen-bond acceptors (Lipinski definition) is 4. The molecule has 0 aromatic carbocycles. The summed E-state index contributed by atoms with van der Waals surface area (Å²) in [5.41, 5.74) is 5.98. The highest BCUT2D eigenvalue weighted by atomic mass is 15.1. The largest absolute Gasteiger partial charge is 0.368 e. The molecule has 0 amide bonds. The Morgan fingerprint density at radius 3 is 1.43 bits per heavy atom. The fourth-order valence-electron chi connectivity index (χ4n) is 3.87. The summed E-state index contributed by atoms with van der Waals surface area (Å²) in [6.45, 7) is 0. The van der Waals surface area contributed by atoms with E-state index in [0.29, 0.717) is 17.8 Å². The standard InChI is InChI=1S/C17H28N4/c18-17-20-15(13-9-5-2-1-3-6-10-13)19-16(21-17)14-11-7-4-8-12-14/h13-14H,1-12H2,(H2,18,19,20,21). The van der Waals surface area contributed by atoms with Gasteiger partial charge in [-0.15, -0.1) is 0 Å². The number of hydrogen-bond donors (Lipinski definition) is 1. The lowest BCUT2D eigenvalue weighted by Gasteiger charge is -2.23. The van der Waals surface area contributed by atoms with Crippen LogP contribution in [0.4, 0.5) is 5.95 Å². The molecule has 4 nitrogen and oxygen atoms in total. The van der Waals surface area contributed by atoms with Gasteiger partial charge in [-0.05, 0) is 25.7 Å². The minimum atomic E-state index is 0.433. The SMILES string of the molecule is Nc1nc(C2CCCCCCC2)nc(C2CCCCC2)n1. The molecule has 0 aliphatic heterocycles. The Labute approximate surface area is 128 Å². The average Bonchev–Trinajstić information content (AvgIpc) is 2.47. The summed E-state index contributed by atoms with van der Waals surface area (Å²) in [7, 11) is 0. The molecule has 116 valence electrons. The monoisotopic (exact) mass is 288 g/mol. The van der Waals surface area contributed by atoms with Crippen LogP contribution in [0.1, 0.15) is 101 Å². The molecule has 0 bridgehead atoms. The molecule has 0 unspecified atom stereocenters. The van der Waals surface area contributed by atoms with E-state index in [4.69, 9.17) is 10.7 Å². The van der Waals surface area contributed by atoms with E-state index in [-0.39, 0.29) is 0 Å². The van der Waals surface area contributed by atoms with Crippen molar-refractivity contribution in [2.75, 3.05) is 5.73 Å². The lowest BCUT2D eigenvalue weighted by atomic mass is 9.88. The lowest BCUT2D eigenvalue weighted by Crippen LogP contribution is -2.16. The summed E-state index contributed by atoms with van der Waals surface area (Å²) in [6, 6.07) is 0. The van der Waals surface area contributed by atoms with Gasteiger partial charge in [0.25, 0.3) is 0 Å². The van der Waals surface area contributed by atoms with Gasteiger partial charge in [-0.25, -0.2) is 4.98 Å². The second-order valence-electron chi connectivity index (χ2n) is 6.79. The third-order valence-corrected chi connectivity index (χ3v) is 5.13. The zero-order chi connectivity index (χ0) is 14.5. The molecule has 3 rings (SSSR count). The second-order valence-corrected chi connectivity index (χ2v) is 6.79. The molecule has 2 aliphatic carbocycles. The molecule has 2 fully saturated rings. The maximum absolute atomic E-state index is 5.98. The summed E-state index contributed by atoms with van der Waals surface area (Å²) in [5, 5.41) is 0. The highest BCUT2D eigenvalue weighted by Crippen LogP contribution is 2.33. The van der Waals surface area contributed by atoms with E-state index in [1.807, 2.05) is 0 Å². The van der Waals surface area contributed by atoms with E-state index in [9.17, 15) is 0 Å². The Kier molecular flexibility index (Phi) is 5.04. The summed E-state index contributed by atoms with van der Waals surface area (Å²) >= 11 is 0.